The van der Waals surface area contributed by atoms with Gasteiger partial charge in [-0.05, 0) is 141 Å². The summed E-state index contributed by atoms with van der Waals surface area (Å²) in [6, 6.07) is 0. The summed E-state index contributed by atoms with van der Waals surface area (Å²) < 4.78 is 27.0. The highest BCUT2D eigenvalue weighted by molar-refractivity contribution is 6.74. The van der Waals surface area contributed by atoms with Crippen LogP contribution in [0, 0.1) is 28.6 Å². The summed E-state index contributed by atoms with van der Waals surface area (Å²) in [7, 11) is -3.98. The molecule has 5 aliphatic rings. The highest BCUT2D eigenvalue weighted by Gasteiger charge is 2.62. The van der Waals surface area contributed by atoms with Crippen LogP contribution in [0.2, 0.25) is 36.3 Å². The number of allylic oxidation sites excluding steroid dienone is 5. The fourth-order valence-corrected chi connectivity index (χ4v) is 13.3. The van der Waals surface area contributed by atoms with Crippen molar-refractivity contribution in [2.45, 2.75) is 219 Å². The molecule has 5 rings (SSSR count). The Morgan fingerprint density at radius 2 is 1.56 bits per heavy atom. The number of hydrogen-bond donors (Lipinski definition) is 0. The lowest BCUT2D eigenvalue weighted by Gasteiger charge is -2.45. The van der Waals surface area contributed by atoms with Gasteiger partial charge in [0.05, 0.1) is 25.4 Å². The van der Waals surface area contributed by atoms with Crippen molar-refractivity contribution < 1.29 is 23.1 Å². The zero-order chi connectivity index (χ0) is 42.1. The molecule has 0 aromatic heterocycles. The maximum absolute atomic E-state index is 13.4. The minimum Gasteiger partial charge on any atom is -0.413 e. The van der Waals surface area contributed by atoms with E-state index in [2.05, 4.69) is 107 Å². The molecule has 1 saturated heterocycles. The Bertz CT molecular complexity index is 1500. The molecule has 0 unspecified atom stereocenters. The molecule has 6 atom stereocenters. The molecule has 7 heteroatoms. The van der Waals surface area contributed by atoms with Crippen molar-refractivity contribution in [1.82, 2.24) is 0 Å². The van der Waals surface area contributed by atoms with Crippen molar-refractivity contribution in [3.63, 3.8) is 0 Å². The molecule has 0 radical (unpaired) electrons. The predicted molar refractivity (Wildman–Crippen MR) is 244 cm³/mol. The first kappa shape index (κ1) is 47.0. The molecule has 1 heterocycles. The van der Waals surface area contributed by atoms with E-state index in [1.807, 2.05) is 6.08 Å². The Labute approximate surface area is 352 Å². The highest BCUT2D eigenvalue weighted by Crippen LogP contribution is 2.62. The quantitative estimate of drug-likeness (QED) is 0.0831. The molecule has 1 aliphatic heterocycles. The lowest BCUT2D eigenvalue weighted by molar-refractivity contribution is -0.213. The van der Waals surface area contributed by atoms with E-state index in [9.17, 15) is 4.79 Å². The van der Waals surface area contributed by atoms with Crippen molar-refractivity contribution in [3.8, 4) is 0 Å². The van der Waals surface area contributed by atoms with E-state index in [-0.39, 0.29) is 38.9 Å². The summed E-state index contributed by atoms with van der Waals surface area (Å²) in [5.41, 5.74) is 4.37. The number of unbranched alkanes of at least 4 members (excludes halogenated alkanes) is 3. The molecule has 0 aromatic carbocycles. The monoisotopic (exact) mass is 823 g/mol. The Kier molecular flexibility index (Phi) is 14.9. The van der Waals surface area contributed by atoms with Crippen molar-refractivity contribution in [2.24, 2.45) is 28.6 Å². The molecule has 0 N–H and O–H groups in total. The summed E-state index contributed by atoms with van der Waals surface area (Å²) in [6.07, 6.45) is 26.7. The average Bonchev–Trinajstić information content (AvgIpc) is 3.61. The van der Waals surface area contributed by atoms with Gasteiger partial charge in [0.1, 0.15) is 0 Å². The van der Waals surface area contributed by atoms with Gasteiger partial charge in [-0.2, -0.15) is 0 Å². The first-order valence-electron chi connectivity index (χ1n) is 23.4. The smallest absolute Gasteiger partial charge is 0.192 e. The minimum absolute atomic E-state index is 0.00209. The Morgan fingerprint density at radius 1 is 0.912 bits per heavy atom. The second kappa shape index (κ2) is 18.1. The van der Waals surface area contributed by atoms with Gasteiger partial charge in [-0.3, -0.25) is 4.79 Å². The number of carbonyl (C=O) groups excluding carboxylic acids is 1. The van der Waals surface area contributed by atoms with Gasteiger partial charge in [-0.1, -0.05) is 112 Å². The maximum Gasteiger partial charge on any atom is 0.192 e. The first-order chi connectivity index (χ1) is 26.5. The van der Waals surface area contributed by atoms with Crippen LogP contribution in [0.3, 0.4) is 0 Å². The van der Waals surface area contributed by atoms with E-state index < -0.39 is 22.4 Å². The van der Waals surface area contributed by atoms with Crippen molar-refractivity contribution >= 4 is 22.4 Å². The maximum atomic E-state index is 13.4. The zero-order valence-corrected chi connectivity index (χ0v) is 41.2. The van der Waals surface area contributed by atoms with Crippen molar-refractivity contribution in [3.05, 3.63) is 47.6 Å². The molecule has 5 nitrogen and oxygen atoms in total. The lowest BCUT2D eigenvalue weighted by atomic mass is 9.61. The van der Waals surface area contributed by atoms with E-state index in [4.69, 9.17) is 24.9 Å². The van der Waals surface area contributed by atoms with Crippen LogP contribution in [0.5, 0.6) is 0 Å². The Morgan fingerprint density at radius 3 is 2.18 bits per heavy atom. The fraction of sp³-hybridized carbons (Fsp3) is 0.820. The molecular formula is C50H86O5Si2. The number of carbonyl (C=O) groups is 1. The fourth-order valence-electron chi connectivity index (χ4n) is 10.7. The van der Waals surface area contributed by atoms with E-state index in [1.54, 1.807) is 5.57 Å². The van der Waals surface area contributed by atoms with Gasteiger partial charge in [-0.25, -0.2) is 0 Å². The van der Waals surface area contributed by atoms with Crippen molar-refractivity contribution in [2.75, 3.05) is 13.2 Å². The second-order valence-electron chi connectivity index (χ2n) is 22.6. The SMILES string of the molecule is C=C1/C(=C\C=C2/CCC[C@]3(C)[C@@H]([C@H](C)/C=C/C(=O)CCC4(C5(CCCCCC)OCCO5)CC4)CC[C@@H]23)C[C@@H](O[Si](C)(C)C(C)(C)C)C[C@@H]1O[Si](C)(C)C(C)(C)C. The van der Waals surface area contributed by atoms with Gasteiger partial charge in [0.2, 0.25) is 0 Å². The van der Waals surface area contributed by atoms with Crippen LogP contribution in [0.4, 0.5) is 0 Å². The lowest BCUT2D eigenvalue weighted by Crippen LogP contribution is -2.49. The molecule has 57 heavy (non-hydrogen) atoms. The summed E-state index contributed by atoms with van der Waals surface area (Å²) in [5, 5.41) is 0.289. The molecular weight excluding hydrogens is 737 g/mol. The van der Waals surface area contributed by atoms with Gasteiger partial charge in [0.25, 0.3) is 0 Å². The van der Waals surface area contributed by atoms with E-state index in [1.165, 1.54) is 56.9 Å². The summed E-state index contributed by atoms with van der Waals surface area (Å²) >= 11 is 0. The van der Waals surface area contributed by atoms with Crippen LogP contribution in [-0.4, -0.2) is 53.6 Å². The number of fused-ring (bicyclic) bond motifs is 1. The molecule has 4 saturated carbocycles. The topological polar surface area (TPSA) is 54.0 Å². The molecule has 0 bridgehead atoms. The summed E-state index contributed by atoms with van der Waals surface area (Å²) in [5.74, 6) is 1.35. The van der Waals surface area contributed by atoms with Crippen LogP contribution >= 0.6 is 0 Å². The minimum atomic E-state index is -2.02. The molecule has 0 aromatic rings. The van der Waals surface area contributed by atoms with Gasteiger partial charge in [-0.15, -0.1) is 0 Å². The van der Waals surface area contributed by atoms with Crippen LogP contribution in [0.1, 0.15) is 165 Å². The van der Waals surface area contributed by atoms with E-state index in [0.717, 1.165) is 50.5 Å². The van der Waals surface area contributed by atoms with E-state index >= 15 is 0 Å². The van der Waals surface area contributed by atoms with Gasteiger partial charge < -0.3 is 18.3 Å². The molecule has 0 amide bonds. The second-order valence-corrected chi connectivity index (χ2v) is 32.1. The molecule has 324 valence electrons. The normalized spacial score (nSPS) is 31.4. The number of ketones is 1. The number of hydrogen-bond acceptors (Lipinski definition) is 5. The van der Waals surface area contributed by atoms with E-state index in [0.29, 0.717) is 37.4 Å². The Balaban J connectivity index is 1.25. The number of ether oxygens (including phenoxy) is 2. The first-order valence-corrected chi connectivity index (χ1v) is 29.2. The average molecular weight is 823 g/mol. The summed E-state index contributed by atoms with van der Waals surface area (Å²) in [6.45, 7) is 36.8. The van der Waals surface area contributed by atoms with Gasteiger partial charge >= 0.3 is 0 Å². The third kappa shape index (κ3) is 10.5. The van der Waals surface area contributed by atoms with Gasteiger partial charge in [0, 0.05) is 24.7 Å². The third-order valence-corrected chi connectivity index (χ3v) is 25.6. The van der Waals surface area contributed by atoms with Gasteiger partial charge in [0.15, 0.2) is 28.2 Å². The van der Waals surface area contributed by atoms with Crippen LogP contribution in [0.15, 0.2) is 47.6 Å². The third-order valence-electron chi connectivity index (χ3n) is 16.6. The van der Waals surface area contributed by atoms with Crippen LogP contribution < -0.4 is 0 Å². The van der Waals surface area contributed by atoms with Crippen LogP contribution in [-0.2, 0) is 23.1 Å². The molecule has 5 fully saturated rings. The van der Waals surface area contributed by atoms with Crippen LogP contribution in [0.25, 0.3) is 0 Å². The largest absolute Gasteiger partial charge is 0.413 e. The molecule has 0 spiro atoms. The standard InChI is InChI=1S/C50H86O5Si2/c1-15-16-17-18-29-50(52-33-34-53-50)49(31-32-49)30-27-41(51)24-21-37(2)43-25-26-44-39(20-19-28-48(43,44)10)22-23-40-35-42(54-56(11,12)46(4,5)6)36-45(38(40)3)55-57(13,14)47(7,8)9/h21-24,37,42-45H,3,15-20,25-36H2,1-2,4-14H3/b24-21+,39-22+,40-23-/t37-,42-,43-,44+,45+,48-/m1/s1. The number of rotatable bonds is 17. The van der Waals surface area contributed by atoms with Crippen molar-refractivity contribution in [1.29, 1.82) is 0 Å². The summed E-state index contributed by atoms with van der Waals surface area (Å²) in [4.78, 5) is 13.4. The zero-order valence-electron chi connectivity index (χ0n) is 39.2. The Hall–Kier alpha value is -1.10. The highest BCUT2D eigenvalue weighted by atomic mass is 28.4. The predicted octanol–water partition coefficient (Wildman–Crippen LogP) is 14.2. The molecule has 4 aliphatic carbocycles.